The van der Waals surface area contributed by atoms with Crippen LogP contribution in [-0.2, 0) is 29.1 Å². The summed E-state index contributed by atoms with van der Waals surface area (Å²) < 4.78 is 0. The quantitative estimate of drug-likeness (QED) is 0.0571. The normalized spacial score (nSPS) is 10.3. The summed E-state index contributed by atoms with van der Waals surface area (Å²) in [6, 6.07) is 0. The number of unbranched alkanes of at least 4 members (excludes halogenated alkanes) is 28. The van der Waals surface area contributed by atoms with Crippen LogP contribution in [0.3, 0.4) is 0 Å². The van der Waals surface area contributed by atoms with Crippen LogP contribution < -0.4 is 61.6 Å². The Morgan fingerprint density at radius 3 is 0.619 bits per heavy atom. The molecule has 240 valence electrons. The van der Waals surface area contributed by atoms with Crippen LogP contribution in [0.1, 0.15) is 219 Å². The molecule has 0 aromatic heterocycles. The first-order valence-corrected chi connectivity index (χ1v) is 17.9. The van der Waals surface area contributed by atoms with Crippen LogP contribution >= 0.6 is 0 Å². The molecule has 0 bridgehead atoms. The smallest absolute Gasteiger partial charge is 0.550 e. The van der Waals surface area contributed by atoms with Crippen LogP contribution in [-0.4, -0.2) is 11.9 Å². The molecule has 0 saturated heterocycles. The average molecular weight is 671 g/mol. The second-order valence-electron chi connectivity index (χ2n) is 12.1. The van der Waals surface area contributed by atoms with Gasteiger partial charge in [0.25, 0.3) is 0 Å². The molecule has 0 fully saturated rings. The Morgan fingerprint density at radius 1 is 0.333 bits per heavy atom. The van der Waals surface area contributed by atoms with Crippen molar-refractivity contribution in [2.24, 2.45) is 0 Å². The average Bonchev–Trinajstić information content (AvgIpc) is 2.93. The molecule has 0 spiro atoms. The van der Waals surface area contributed by atoms with E-state index in [1.807, 2.05) is 0 Å². The van der Waals surface area contributed by atoms with Crippen LogP contribution in [0, 0.1) is 0 Å². The molecule has 0 N–H and O–H groups in total. The monoisotopic (exact) mass is 669 g/mol. The maximum absolute atomic E-state index is 10.2. The maximum atomic E-state index is 10.2. The molecular formula is C36H70KO4Zn+. The molecule has 0 aliphatic carbocycles. The molecule has 42 heavy (non-hydrogen) atoms. The van der Waals surface area contributed by atoms with Crippen molar-refractivity contribution in [1.29, 1.82) is 0 Å². The Kier molecular flexibility index (Phi) is 55.6. The second kappa shape index (κ2) is 46.6. The molecule has 4 nitrogen and oxygen atoms in total. The number of hydrogen-bond donors (Lipinski definition) is 0. The summed E-state index contributed by atoms with van der Waals surface area (Å²) in [7, 11) is 0. The first-order chi connectivity index (χ1) is 19.5. The van der Waals surface area contributed by atoms with Crippen LogP contribution in [0.4, 0.5) is 0 Å². The minimum atomic E-state index is -0.903. The van der Waals surface area contributed by atoms with E-state index in [9.17, 15) is 19.8 Å². The van der Waals surface area contributed by atoms with E-state index >= 15 is 0 Å². The first kappa shape index (κ1) is 50.1. The third-order valence-electron chi connectivity index (χ3n) is 7.97. The molecule has 0 radical (unpaired) electrons. The van der Waals surface area contributed by atoms with Gasteiger partial charge in [0.05, 0.1) is 0 Å². The number of carbonyl (C=O) groups excluding carboxylic acids is 2. The Hall–Kier alpha value is 1.20. The molecule has 0 aromatic carbocycles. The molecule has 0 aliphatic heterocycles. The molecule has 0 atom stereocenters. The predicted octanol–water partition coefficient (Wildman–Crippen LogP) is 7.00. The molecule has 0 heterocycles. The fourth-order valence-corrected chi connectivity index (χ4v) is 5.28. The molecule has 0 saturated carbocycles. The van der Waals surface area contributed by atoms with Crippen LogP contribution in [0.2, 0.25) is 0 Å². The maximum Gasteiger partial charge on any atom is 2.00 e. The standard InChI is InChI=1S/2C18H36O2.K.Zn/c2*1-2-3-4-5-6-7-8-9-10-11-12-13-14-15-16-17-18(19)20;;/h2*2-17H2,1H3,(H,19,20);;/q;;+1;+2/p-2. The van der Waals surface area contributed by atoms with Gasteiger partial charge in [-0.3, -0.25) is 0 Å². The van der Waals surface area contributed by atoms with Gasteiger partial charge in [-0.25, -0.2) is 0 Å². The van der Waals surface area contributed by atoms with E-state index in [1.165, 1.54) is 167 Å². The van der Waals surface area contributed by atoms with Crippen molar-refractivity contribution in [3.63, 3.8) is 0 Å². The van der Waals surface area contributed by atoms with Crippen molar-refractivity contribution < 1.29 is 90.7 Å². The number of rotatable bonds is 32. The van der Waals surface area contributed by atoms with Gasteiger partial charge in [-0.2, -0.15) is 0 Å². The summed E-state index contributed by atoms with van der Waals surface area (Å²) in [5.41, 5.74) is 0. The Morgan fingerprint density at radius 2 is 0.476 bits per heavy atom. The van der Waals surface area contributed by atoms with Crippen molar-refractivity contribution >= 4 is 11.9 Å². The first-order valence-electron chi connectivity index (χ1n) is 17.9. The fraction of sp³-hybridized carbons (Fsp3) is 0.944. The van der Waals surface area contributed by atoms with Gasteiger partial charge in [-0.05, 0) is 25.7 Å². The van der Waals surface area contributed by atoms with Crippen LogP contribution in [0.15, 0.2) is 0 Å². The van der Waals surface area contributed by atoms with E-state index < -0.39 is 11.9 Å². The van der Waals surface area contributed by atoms with Crippen LogP contribution in [0.5, 0.6) is 0 Å². The summed E-state index contributed by atoms with van der Waals surface area (Å²) in [5, 5.41) is 20.4. The number of carboxylic acids is 2. The zero-order valence-corrected chi connectivity index (χ0v) is 35.1. The summed E-state index contributed by atoms with van der Waals surface area (Å²) in [6.07, 6.45) is 39.7. The van der Waals surface area contributed by atoms with E-state index in [0.29, 0.717) is 0 Å². The van der Waals surface area contributed by atoms with Crippen molar-refractivity contribution in [2.75, 3.05) is 0 Å². The molecule has 6 heteroatoms. The van der Waals surface area contributed by atoms with Crippen molar-refractivity contribution in [3.8, 4) is 0 Å². The second-order valence-corrected chi connectivity index (χ2v) is 12.1. The summed E-state index contributed by atoms with van der Waals surface area (Å²) in [4.78, 5) is 20.4. The van der Waals surface area contributed by atoms with Gasteiger partial charge in [0, 0.05) is 11.9 Å². The zero-order chi connectivity index (χ0) is 29.8. The fourth-order valence-electron chi connectivity index (χ4n) is 5.28. The SMILES string of the molecule is CCCCCCCCCCCCCCCCCC(=O)[O-].CCCCCCCCCCCCCCCCCC(=O)[O-].[K+].[Zn+2]. The molecular weight excluding hydrogens is 601 g/mol. The number of carbonyl (C=O) groups is 2. The van der Waals surface area contributed by atoms with Crippen LogP contribution in [0.25, 0.3) is 0 Å². The largest absolute Gasteiger partial charge is 2.00 e. The Labute approximate surface area is 318 Å². The Bertz CT molecular complexity index is 461. The zero-order valence-electron chi connectivity index (χ0n) is 29.0. The van der Waals surface area contributed by atoms with E-state index in [1.54, 1.807) is 0 Å². The minimum Gasteiger partial charge on any atom is -0.550 e. The van der Waals surface area contributed by atoms with Crippen molar-refractivity contribution in [3.05, 3.63) is 0 Å². The number of carboxylic acid groups (broad SMARTS) is 2. The van der Waals surface area contributed by atoms with E-state index in [0.717, 1.165) is 25.7 Å². The number of aliphatic carboxylic acids is 2. The van der Waals surface area contributed by atoms with Crippen molar-refractivity contribution in [1.82, 2.24) is 0 Å². The molecule has 0 rings (SSSR count). The third-order valence-corrected chi connectivity index (χ3v) is 7.97. The third kappa shape index (κ3) is 53.7. The van der Waals surface area contributed by atoms with Gasteiger partial charge in [0.1, 0.15) is 0 Å². The Balaban J connectivity index is -0.000000328. The van der Waals surface area contributed by atoms with Crippen molar-refractivity contribution in [2.45, 2.75) is 219 Å². The molecule has 0 aliphatic rings. The summed E-state index contributed by atoms with van der Waals surface area (Å²) in [6.45, 7) is 4.53. The minimum absolute atomic E-state index is 0. The molecule has 0 amide bonds. The van der Waals surface area contributed by atoms with Gasteiger partial charge in [-0.1, -0.05) is 194 Å². The number of hydrogen-bond acceptors (Lipinski definition) is 4. The van der Waals surface area contributed by atoms with Gasteiger partial charge in [0.2, 0.25) is 0 Å². The van der Waals surface area contributed by atoms with Gasteiger partial charge < -0.3 is 19.8 Å². The molecule has 0 aromatic rings. The van der Waals surface area contributed by atoms with E-state index in [-0.39, 0.29) is 83.7 Å². The van der Waals surface area contributed by atoms with Gasteiger partial charge in [-0.15, -0.1) is 0 Å². The summed E-state index contributed by atoms with van der Waals surface area (Å²) >= 11 is 0. The van der Waals surface area contributed by atoms with E-state index in [4.69, 9.17) is 0 Å². The molecule has 0 unspecified atom stereocenters. The topological polar surface area (TPSA) is 80.3 Å². The van der Waals surface area contributed by atoms with E-state index in [2.05, 4.69) is 13.8 Å². The summed E-state index contributed by atoms with van der Waals surface area (Å²) in [5.74, 6) is -1.81. The van der Waals surface area contributed by atoms with Gasteiger partial charge in [0.15, 0.2) is 0 Å². The van der Waals surface area contributed by atoms with Gasteiger partial charge >= 0.3 is 70.9 Å². The predicted molar refractivity (Wildman–Crippen MR) is 169 cm³/mol.